The fourth-order valence-corrected chi connectivity index (χ4v) is 5.27. The number of nitrogens with zero attached hydrogens (tertiary/aromatic N) is 1. The molecule has 0 aromatic heterocycles. The van der Waals surface area contributed by atoms with Crippen molar-refractivity contribution in [2.75, 3.05) is 13.1 Å². The van der Waals surface area contributed by atoms with Gasteiger partial charge in [-0.3, -0.25) is 0 Å². The molecule has 0 saturated carbocycles. The summed E-state index contributed by atoms with van der Waals surface area (Å²) < 4.78 is 44.8. The lowest BCUT2D eigenvalue weighted by atomic mass is 9.92. The normalized spacial score (nSPS) is 21.8. The van der Waals surface area contributed by atoms with E-state index in [4.69, 9.17) is 10.5 Å². The Balaban J connectivity index is 1.87. The molecular weight excluding hydrogens is 419 g/mol. The molecule has 9 nitrogen and oxygen atoms in total. The molecule has 2 atom stereocenters. The van der Waals surface area contributed by atoms with Crippen molar-refractivity contribution in [1.29, 1.82) is 0 Å². The molecule has 0 aliphatic carbocycles. The zero-order valence-electron chi connectivity index (χ0n) is 15.6. The van der Waals surface area contributed by atoms with Gasteiger partial charge in [0.25, 0.3) is 0 Å². The lowest BCUT2D eigenvalue weighted by Crippen LogP contribution is -2.65. The minimum atomic E-state index is -4.29. The van der Waals surface area contributed by atoms with Gasteiger partial charge in [0, 0.05) is 12.6 Å². The van der Waals surface area contributed by atoms with Gasteiger partial charge in [0.2, 0.25) is 0 Å². The van der Waals surface area contributed by atoms with Crippen molar-refractivity contribution < 1.29 is 37.3 Å². The topological polar surface area (TPSA) is 147 Å². The number of piperidine rings is 1. The van der Waals surface area contributed by atoms with Crippen LogP contribution in [0.2, 0.25) is 0 Å². The van der Waals surface area contributed by atoms with Crippen LogP contribution in [0, 0.1) is 5.82 Å². The number of carboxylic acids is 1. The van der Waals surface area contributed by atoms with Crippen molar-refractivity contribution in [2.45, 2.75) is 22.2 Å². The van der Waals surface area contributed by atoms with Gasteiger partial charge in [-0.05, 0) is 42.8 Å². The molecule has 0 spiro atoms. The highest BCUT2D eigenvalue weighted by atomic mass is 32.2. The summed E-state index contributed by atoms with van der Waals surface area (Å²) in [6.45, 7) is -0.863. The number of urea groups is 1. The smallest absolute Gasteiger partial charge is 0.338 e. The third kappa shape index (κ3) is 4.07. The van der Waals surface area contributed by atoms with Gasteiger partial charge in [-0.15, -0.1) is 0 Å². The number of aliphatic hydroxyl groups is 1. The zero-order chi connectivity index (χ0) is 22.1. The van der Waals surface area contributed by atoms with Gasteiger partial charge in [-0.25, -0.2) is 22.4 Å². The molecule has 1 fully saturated rings. The lowest BCUT2D eigenvalue weighted by Gasteiger charge is -2.40. The van der Waals surface area contributed by atoms with Gasteiger partial charge < -0.3 is 25.6 Å². The molecule has 1 aliphatic rings. The molecule has 11 heteroatoms. The molecule has 30 heavy (non-hydrogen) atoms. The van der Waals surface area contributed by atoms with Gasteiger partial charge in [0.05, 0.1) is 11.4 Å². The average molecular weight is 438 g/mol. The minimum Gasteiger partial charge on any atom is -0.479 e. The highest BCUT2D eigenvalue weighted by molar-refractivity contribution is 7.92. The summed E-state index contributed by atoms with van der Waals surface area (Å²) in [5.74, 6) is -1.82. The van der Waals surface area contributed by atoms with Crippen molar-refractivity contribution in [3.63, 3.8) is 0 Å². The molecule has 2 aromatic carbocycles. The first-order valence-corrected chi connectivity index (χ1v) is 10.4. The summed E-state index contributed by atoms with van der Waals surface area (Å²) in [6, 6.07) is 9.48. The van der Waals surface area contributed by atoms with Crippen molar-refractivity contribution >= 4 is 21.8 Å². The van der Waals surface area contributed by atoms with Crippen LogP contribution in [0.3, 0.4) is 0 Å². The van der Waals surface area contributed by atoms with Crippen LogP contribution in [0.15, 0.2) is 53.4 Å². The van der Waals surface area contributed by atoms with Gasteiger partial charge in [-0.2, -0.15) is 0 Å². The number of sulfone groups is 1. The zero-order valence-corrected chi connectivity index (χ0v) is 16.4. The van der Waals surface area contributed by atoms with E-state index in [0.29, 0.717) is 0 Å². The van der Waals surface area contributed by atoms with E-state index < -0.39 is 45.1 Å². The highest BCUT2D eigenvalue weighted by Gasteiger charge is 2.55. The Morgan fingerprint density at radius 2 is 1.83 bits per heavy atom. The Morgan fingerprint density at radius 1 is 1.17 bits per heavy atom. The maximum Gasteiger partial charge on any atom is 0.338 e. The number of rotatable bonds is 5. The van der Waals surface area contributed by atoms with Crippen LogP contribution in [0.4, 0.5) is 9.18 Å². The molecule has 4 N–H and O–H groups in total. The predicted molar refractivity (Wildman–Crippen MR) is 102 cm³/mol. The third-order valence-electron chi connectivity index (χ3n) is 4.87. The molecule has 160 valence electrons. The molecule has 1 heterocycles. The van der Waals surface area contributed by atoms with E-state index in [1.54, 1.807) is 0 Å². The maximum absolute atomic E-state index is 13.2. The number of halogens is 1. The Kier molecular flexibility index (Phi) is 5.68. The molecular formula is C19H19FN2O7S. The number of primary amides is 1. The molecule has 1 saturated heterocycles. The van der Waals surface area contributed by atoms with Crippen molar-refractivity contribution in [2.24, 2.45) is 5.73 Å². The Morgan fingerprint density at radius 3 is 2.40 bits per heavy atom. The monoisotopic (exact) mass is 438 g/mol. The van der Waals surface area contributed by atoms with E-state index in [0.717, 1.165) is 11.0 Å². The number of ether oxygens (including phenoxy) is 1. The predicted octanol–water partition coefficient (Wildman–Crippen LogP) is 1.36. The van der Waals surface area contributed by atoms with E-state index in [2.05, 4.69) is 0 Å². The van der Waals surface area contributed by atoms with E-state index in [1.165, 1.54) is 42.5 Å². The number of hydrogen-bond donors (Lipinski definition) is 3. The first kappa shape index (κ1) is 21.5. The summed E-state index contributed by atoms with van der Waals surface area (Å²) in [6.07, 6.45) is -0.310. The number of β-amino-alcohol motifs (C(OH)–C–C–N with tert-alkyl or cyclic N) is 1. The quantitative estimate of drug-likeness (QED) is 0.638. The van der Waals surface area contributed by atoms with E-state index in [1.807, 2.05) is 0 Å². The first-order chi connectivity index (χ1) is 14.0. The number of benzene rings is 2. The fraction of sp³-hybridized carbons (Fsp3) is 0.263. The minimum absolute atomic E-state index is 0.115. The van der Waals surface area contributed by atoms with Crippen LogP contribution in [0.25, 0.3) is 0 Å². The van der Waals surface area contributed by atoms with Crippen molar-refractivity contribution in [3.8, 4) is 11.5 Å². The number of carboxylic acid groups (broad SMARTS) is 1. The summed E-state index contributed by atoms with van der Waals surface area (Å²) in [5.41, 5.74) is 2.42. The molecule has 0 radical (unpaired) electrons. The van der Waals surface area contributed by atoms with E-state index in [-0.39, 0.29) is 29.4 Å². The number of likely N-dealkylation sites (tertiary alicyclic amines) is 1. The molecule has 2 aromatic rings. The Hall–Kier alpha value is -3.18. The SMILES string of the molecule is NC(=O)N1CCC(S(=O)(=O)c2ccc(Oc3cccc(F)c3)cc2)C(O)(C(=O)O)C1. The third-order valence-corrected chi connectivity index (χ3v) is 7.17. The summed E-state index contributed by atoms with van der Waals surface area (Å²) in [7, 11) is -4.29. The average Bonchev–Trinajstić information content (AvgIpc) is 2.68. The number of hydrogen-bond acceptors (Lipinski definition) is 6. The number of aliphatic carboxylic acids is 1. The summed E-state index contributed by atoms with van der Waals surface area (Å²) >= 11 is 0. The second kappa shape index (κ2) is 7.92. The maximum atomic E-state index is 13.2. The van der Waals surface area contributed by atoms with Crippen LogP contribution >= 0.6 is 0 Å². The fourth-order valence-electron chi connectivity index (χ4n) is 3.32. The number of amides is 2. The van der Waals surface area contributed by atoms with E-state index >= 15 is 0 Å². The number of carbonyl (C=O) groups is 2. The van der Waals surface area contributed by atoms with Crippen LogP contribution in [-0.4, -0.2) is 59.5 Å². The highest BCUT2D eigenvalue weighted by Crippen LogP contribution is 2.33. The van der Waals surface area contributed by atoms with Gasteiger partial charge >= 0.3 is 12.0 Å². The number of nitrogens with two attached hydrogens (primary N) is 1. The molecule has 2 amide bonds. The van der Waals surface area contributed by atoms with Gasteiger partial charge in [0.1, 0.15) is 22.6 Å². The van der Waals surface area contributed by atoms with Gasteiger partial charge in [-0.1, -0.05) is 6.07 Å². The second-order valence-corrected chi connectivity index (χ2v) is 8.97. The summed E-state index contributed by atoms with van der Waals surface area (Å²) in [5, 5.41) is 18.4. The Labute approximate surface area is 171 Å². The van der Waals surface area contributed by atoms with Crippen LogP contribution in [-0.2, 0) is 14.6 Å². The largest absolute Gasteiger partial charge is 0.479 e. The lowest BCUT2D eigenvalue weighted by molar-refractivity contribution is -0.162. The summed E-state index contributed by atoms with van der Waals surface area (Å²) in [4.78, 5) is 23.7. The van der Waals surface area contributed by atoms with Gasteiger partial charge in [0.15, 0.2) is 15.4 Å². The first-order valence-electron chi connectivity index (χ1n) is 8.81. The molecule has 0 bridgehead atoms. The number of carbonyl (C=O) groups excluding carboxylic acids is 1. The molecule has 1 aliphatic heterocycles. The molecule has 3 rings (SSSR count). The van der Waals surface area contributed by atoms with Crippen LogP contribution in [0.1, 0.15) is 6.42 Å². The van der Waals surface area contributed by atoms with Crippen LogP contribution < -0.4 is 10.5 Å². The van der Waals surface area contributed by atoms with E-state index in [9.17, 15) is 32.6 Å². The van der Waals surface area contributed by atoms with Crippen LogP contribution in [0.5, 0.6) is 11.5 Å². The molecule has 2 unspecified atom stereocenters. The van der Waals surface area contributed by atoms with Crippen molar-refractivity contribution in [3.05, 3.63) is 54.3 Å². The Bertz CT molecular complexity index is 1070. The van der Waals surface area contributed by atoms with Crippen molar-refractivity contribution in [1.82, 2.24) is 4.90 Å². The standard InChI is InChI=1S/C19H19FN2O7S/c20-12-2-1-3-14(10-12)29-13-4-6-15(7-5-13)30(27,28)16-8-9-22(18(21)25)11-19(16,26)17(23)24/h1-7,10,16,26H,8-9,11H2,(H2,21,25)(H,23,24). The second-order valence-electron chi connectivity index (χ2n) is 6.84.